The molecule has 0 aliphatic heterocycles. The molecule has 0 aromatic rings. The Morgan fingerprint density at radius 3 is 2.69 bits per heavy atom. The second-order valence-electron chi connectivity index (χ2n) is 3.22. The van der Waals surface area contributed by atoms with Crippen LogP contribution in [0.3, 0.4) is 0 Å². The molecule has 0 saturated carbocycles. The van der Waals surface area contributed by atoms with Crippen LogP contribution in [0.5, 0.6) is 0 Å². The van der Waals surface area contributed by atoms with Crippen LogP contribution in [-0.2, 0) is 0 Å². The highest BCUT2D eigenvalue weighted by molar-refractivity contribution is 4.96. The Bertz CT molecular complexity index is 151. The number of aliphatic hydroxyl groups excluding tert-OH is 1. The van der Waals surface area contributed by atoms with Crippen molar-refractivity contribution in [2.75, 3.05) is 19.7 Å². The summed E-state index contributed by atoms with van der Waals surface area (Å²) < 4.78 is 0. The van der Waals surface area contributed by atoms with Gasteiger partial charge in [-0.3, -0.25) is 0 Å². The van der Waals surface area contributed by atoms with Crippen LogP contribution < -0.4 is 5.32 Å². The van der Waals surface area contributed by atoms with E-state index in [0.717, 1.165) is 19.5 Å². The topological polar surface area (TPSA) is 32.3 Å². The van der Waals surface area contributed by atoms with Gasteiger partial charge in [-0.1, -0.05) is 19.3 Å². The minimum Gasteiger partial charge on any atom is -0.396 e. The summed E-state index contributed by atoms with van der Waals surface area (Å²) in [6.07, 6.45) is 3.28. The van der Waals surface area contributed by atoms with Crippen molar-refractivity contribution in [1.29, 1.82) is 0 Å². The average molecular weight is 183 g/mol. The lowest BCUT2D eigenvalue weighted by atomic mass is 10.0. The maximum Gasteiger partial charge on any atom is 0.0576 e. The van der Waals surface area contributed by atoms with E-state index in [4.69, 9.17) is 5.11 Å². The second kappa shape index (κ2) is 9.57. The summed E-state index contributed by atoms with van der Waals surface area (Å²) in [5.41, 5.74) is 0. The molecule has 0 aromatic heterocycles. The number of hydrogen-bond donors (Lipinski definition) is 2. The predicted molar refractivity (Wildman–Crippen MR) is 56.4 cm³/mol. The van der Waals surface area contributed by atoms with Gasteiger partial charge in [-0.15, -0.1) is 5.92 Å². The number of hydrogen-bond acceptors (Lipinski definition) is 2. The molecule has 0 heterocycles. The lowest BCUT2D eigenvalue weighted by Gasteiger charge is -2.14. The lowest BCUT2D eigenvalue weighted by Crippen LogP contribution is -2.23. The monoisotopic (exact) mass is 183 g/mol. The van der Waals surface area contributed by atoms with E-state index in [2.05, 4.69) is 24.1 Å². The molecule has 0 aliphatic carbocycles. The first kappa shape index (κ1) is 12.5. The standard InChI is InChI=1S/C11H21NO/c1-3-5-8-12-10-11(6-4-2)7-9-13/h11-13H,4,6-10H2,1-2H3. The fraction of sp³-hybridized carbons (Fsp3) is 0.818. The van der Waals surface area contributed by atoms with Crippen molar-refractivity contribution < 1.29 is 5.11 Å². The third-order valence-corrected chi connectivity index (χ3v) is 2.06. The van der Waals surface area contributed by atoms with E-state index in [1.807, 2.05) is 6.92 Å². The molecule has 0 aliphatic rings. The fourth-order valence-electron chi connectivity index (χ4n) is 1.37. The summed E-state index contributed by atoms with van der Waals surface area (Å²) in [6.45, 7) is 6.06. The van der Waals surface area contributed by atoms with Crippen molar-refractivity contribution >= 4 is 0 Å². The van der Waals surface area contributed by atoms with Crippen molar-refractivity contribution in [1.82, 2.24) is 5.32 Å². The molecule has 2 nitrogen and oxygen atoms in total. The zero-order chi connectivity index (χ0) is 9.94. The van der Waals surface area contributed by atoms with E-state index in [1.54, 1.807) is 0 Å². The molecule has 0 spiro atoms. The van der Waals surface area contributed by atoms with Gasteiger partial charge in [-0.25, -0.2) is 0 Å². The molecule has 2 heteroatoms. The Morgan fingerprint density at radius 2 is 2.15 bits per heavy atom. The molecule has 0 saturated heterocycles. The molecular weight excluding hydrogens is 162 g/mol. The van der Waals surface area contributed by atoms with Gasteiger partial charge in [-0.2, -0.15) is 0 Å². The van der Waals surface area contributed by atoms with Crippen molar-refractivity contribution in [2.45, 2.75) is 33.1 Å². The first-order chi connectivity index (χ1) is 6.35. The van der Waals surface area contributed by atoms with Crippen LogP contribution in [0.25, 0.3) is 0 Å². The Morgan fingerprint density at radius 1 is 1.38 bits per heavy atom. The number of aliphatic hydroxyl groups is 1. The summed E-state index contributed by atoms with van der Waals surface area (Å²) in [6, 6.07) is 0. The van der Waals surface area contributed by atoms with E-state index in [9.17, 15) is 0 Å². The minimum absolute atomic E-state index is 0.297. The number of rotatable bonds is 7. The molecule has 0 bridgehead atoms. The highest BCUT2D eigenvalue weighted by atomic mass is 16.3. The van der Waals surface area contributed by atoms with E-state index >= 15 is 0 Å². The predicted octanol–water partition coefficient (Wildman–Crippen LogP) is 1.40. The van der Waals surface area contributed by atoms with Gasteiger partial charge in [0, 0.05) is 6.61 Å². The highest BCUT2D eigenvalue weighted by Gasteiger charge is 2.05. The van der Waals surface area contributed by atoms with Gasteiger partial charge < -0.3 is 10.4 Å². The first-order valence-electron chi connectivity index (χ1n) is 5.06. The molecule has 1 atom stereocenters. The molecule has 0 aromatic carbocycles. The molecular formula is C11H21NO. The van der Waals surface area contributed by atoms with Crippen LogP contribution in [0, 0.1) is 17.8 Å². The smallest absolute Gasteiger partial charge is 0.0576 e. The SMILES string of the molecule is CC#CCNCC(CCC)CCO. The Hall–Kier alpha value is -0.520. The molecule has 0 radical (unpaired) electrons. The van der Waals surface area contributed by atoms with Gasteiger partial charge in [0.25, 0.3) is 0 Å². The van der Waals surface area contributed by atoms with Gasteiger partial charge in [0.2, 0.25) is 0 Å². The van der Waals surface area contributed by atoms with Gasteiger partial charge >= 0.3 is 0 Å². The van der Waals surface area contributed by atoms with Crippen molar-refractivity contribution in [3.05, 3.63) is 0 Å². The van der Waals surface area contributed by atoms with Gasteiger partial charge in [0.15, 0.2) is 0 Å². The number of nitrogens with one attached hydrogen (secondary N) is 1. The van der Waals surface area contributed by atoms with Crippen LogP contribution in [0.4, 0.5) is 0 Å². The summed E-state index contributed by atoms with van der Waals surface area (Å²) in [5, 5.41) is 12.1. The fourth-order valence-corrected chi connectivity index (χ4v) is 1.37. The van der Waals surface area contributed by atoms with Crippen LogP contribution >= 0.6 is 0 Å². The Kier molecular flexibility index (Phi) is 9.18. The van der Waals surface area contributed by atoms with Crippen molar-refractivity contribution in [2.24, 2.45) is 5.92 Å². The van der Waals surface area contributed by atoms with Crippen LogP contribution in [-0.4, -0.2) is 24.8 Å². The normalized spacial score (nSPS) is 11.9. The van der Waals surface area contributed by atoms with Crippen LogP contribution in [0.15, 0.2) is 0 Å². The zero-order valence-electron chi connectivity index (χ0n) is 8.77. The molecule has 13 heavy (non-hydrogen) atoms. The summed E-state index contributed by atoms with van der Waals surface area (Å²) in [4.78, 5) is 0. The largest absolute Gasteiger partial charge is 0.396 e. The third-order valence-electron chi connectivity index (χ3n) is 2.06. The summed E-state index contributed by atoms with van der Waals surface area (Å²) in [5.74, 6) is 6.41. The van der Waals surface area contributed by atoms with Gasteiger partial charge in [0.1, 0.15) is 0 Å². The third kappa shape index (κ3) is 7.83. The Labute approximate surface area is 81.7 Å². The van der Waals surface area contributed by atoms with E-state index in [0.29, 0.717) is 12.5 Å². The Balaban J connectivity index is 3.47. The minimum atomic E-state index is 0.297. The quantitative estimate of drug-likeness (QED) is 0.462. The molecule has 0 amide bonds. The zero-order valence-corrected chi connectivity index (χ0v) is 8.77. The van der Waals surface area contributed by atoms with Crippen molar-refractivity contribution in [3.63, 3.8) is 0 Å². The van der Waals surface area contributed by atoms with E-state index in [1.165, 1.54) is 12.8 Å². The van der Waals surface area contributed by atoms with E-state index < -0.39 is 0 Å². The maximum absolute atomic E-state index is 8.81. The lowest BCUT2D eigenvalue weighted by molar-refractivity contribution is 0.249. The second-order valence-corrected chi connectivity index (χ2v) is 3.22. The van der Waals surface area contributed by atoms with Crippen LogP contribution in [0.1, 0.15) is 33.1 Å². The summed E-state index contributed by atoms with van der Waals surface area (Å²) in [7, 11) is 0. The first-order valence-corrected chi connectivity index (χ1v) is 5.06. The van der Waals surface area contributed by atoms with Crippen LogP contribution in [0.2, 0.25) is 0 Å². The molecule has 2 N–H and O–H groups in total. The van der Waals surface area contributed by atoms with Gasteiger partial charge in [0.05, 0.1) is 6.54 Å². The molecule has 0 rings (SSSR count). The average Bonchev–Trinajstić information content (AvgIpc) is 2.13. The van der Waals surface area contributed by atoms with Gasteiger partial charge in [-0.05, 0) is 32.2 Å². The molecule has 1 unspecified atom stereocenters. The molecule has 0 fully saturated rings. The highest BCUT2D eigenvalue weighted by Crippen LogP contribution is 2.08. The van der Waals surface area contributed by atoms with E-state index in [-0.39, 0.29) is 0 Å². The van der Waals surface area contributed by atoms with Crippen molar-refractivity contribution in [3.8, 4) is 11.8 Å². The molecule has 76 valence electrons. The summed E-state index contributed by atoms with van der Waals surface area (Å²) >= 11 is 0. The maximum atomic E-state index is 8.81.